The number of urea groups is 1. The molecular weight excluding hydrogens is 466 g/mol. The van der Waals surface area contributed by atoms with E-state index in [9.17, 15) is 4.79 Å². The highest BCUT2D eigenvalue weighted by molar-refractivity contribution is 9.10. The van der Waals surface area contributed by atoms with E-state index >= 15 is 0 Å². The number of likely N-dealkylation sites (tertiary alicyclic amines) is 1. The van der Waals surface area contributed by atoms with E-state index < -0.39 is 0 Å². The molecule has 2 saturated heterocycles. The van der Waals surface area contributed by atoms with Gasteiger partial charge in [0.2, 0.25) is 0 Å². The number of para-hydroxylation sites is 1. The minimum Gasteiger partial charge on any atom is -0.491 e. The average Bonchev–Trinajstić information content (AvgIpc) is 3.16. The third-order valence-electron chi connectivity index (χ3n) is 6.44. The number of ether oxygens (including phenoxy) is 1. The molecule has 2 fully saturated rings. The number of piperidine rings is 1. The molecule has 2 aliphatic heterocycles. The first-order chi connectivity index (χ1) is 15.5. The van der Waals surface area contributed by atoms with Crippen molar-refractivity contribution >= 4 is 27.6 Å². The van der Waals surface area contributed by atoms with Gasteiger partial charge in [-0.25, -0.2) is 4.79 Å². The van der Waals surface area contributed by atoms with E-state index in [4.69, 9.17) is 4.74 Å². The zero-order chi connectivity index (χ0) is 22.5. The lowest BCUT2D eigenvalue weighted by atomic mass is 9.90. The largest absolute Gasteiger partial charge is 0.491 e. The lowest BCUT2D eigenvalue weighted by Gasteiger charge is -2.32. The molecule has 172 valence electrons. The molecule has 1 N–H and O–H groups in total. The number of nitrogens with one attached hydrogen (secondary N) is 1. The predicted molar refractivity (Wildman–Crippen MR) is 133 cm³/mol. The van der Waals surface area contributed by atoms with Crippen LogP contribution in [0.15, 0.2) is 53.0 Å². The molecule has 32 heavy (non-hydrogen) atoms. The quantitative estimate of drug-likeness (QED) is 0.522. The topological polar surface area (TPSA) is 44.8 Å². The van der Waals surface area contributed by atoms with E-state index in [2.05, 4.69) is 52.1 Å². The summed E-state index contributed by atoms with van der Waals surface area (Å²) >= 11 is 3.72. The van der Waals surface area contributed by atoms with Gasteiger partial charge < -0.3 is 15.0 Å². The maximum absolute atomic E-state index is 12.4. The van der Waals surface area contributed by atoms with Crippen LogP contribution < -0.4 is 15.0 Å². The molecule has 0 radical (unpaired) electrons. The number of nitrogens with zero attached hydrogens (tertiary/aromatic N) is 2. The van der Waals surface area contributed by atoms with Crippen LogP contribution in [0.25, 0.3) is 0 Å². The fourth-order valence-electron chi connectivity index (χ4n) is 4.71. The lowest BCUT2D eigenvalue weighted by Crippen LogP contribution is -2.38. The number of hydrogen-bond donors (Lipinski definition) is 1. The summed E-state index contributed by atoms with van der Waals surface area (Å²) in [5, 5.41) is 3.15. The number of hydrogen-bond acceptors (Lipinski definition) is 3. The number of benzene rings is 2. The molecule has 4 rings (SSSR count). The number of halogens is 1. The number of carbonyl (C=O) groups is 1. The number of amides is 2. The van der Waals surface area contributed by atoms with E-state index in [0.29, 0.717) is 5.92 Å². The Bertz CT molecular complexity index is 897. The van der Waals surface area contributed by atoms with Crippen LogP contribution in [0.4, 0.5) is 10.5 Å². The Morgan fingerprint density at radius 2 is 1.88 bits per heavy atom. The van der Waals surface area contributed by atoms with Gasteiger partial charge in [-0.05, 0) is 94.4 Å². The van der Waals surface area contributed by atoms with Crippen LogP contribution >= 0.6 is 15.9 Å². The molecule has 0 bridgehead atoms. The van der Waals surface area contributed by atoms with Gasteiger partial charge >= 0.3 is 6.03 Å². The van der Waals surface area contributed by atoms with Crippen LogP contribution in [0.1, 0.15) is 38.7 Å². The fraction of sp³-hybridized carbons (Fsp3) is 0.500. The van der Waals surface area contributed by atoms with Crippen molar-refractivity contribution in [2.24, 2.45) is 5.92 Å². The van der Waals surface area contributed by atoms with Gasteiger partial charge in [-0.3, -0.25) is 4.90 Å². The van der Waals surface area contributed by atoms with Crippen LogP contribution in [-0.4, -0.2) is 49.3 Å². The van der Waals surface area contributed by atoms with Crippen molar-refractivity contribution in [3.63, 3.8) is 0 Å². The van der Waals surface area contributed by atoms with E-state index in [0.717, 1.165) is 50.5 Å². The Labute approximate surface area is 200 Å². The Morgan fingerprint density at radius 3 is 2.59 bits per heavy atom. The summed E-state index contributed by atoms with van der Waals surface area (Å²) in [7, 11) is 0. The van der Waals surface area contributed by atoms with E-state index in [1.54, 1.807) is 0 Å². The second kappa shape index (κ2) is 10.7. The Hall–Kier alpha value is -2.05. The zero-order valence-electron chi connectivity index (χ0n) is 19.1. The van der Waals surface area contributed by atoms with Crippen molar-refractivity contribution in [3.8, 4) is 5.75 Å². The van der Waals surface area contributed by atoms with Crippen molar-refractivity contribution in [1.29, 1.82) is 0 Å². The molecule has 2 amide bonds. The molecule has 1 unspecified atom stereocenters. The fourth-order valence-corrected chi connectivity index (χ4v) is 5.12. The highest BCUT2D eigenvalue weighted by Crippen LogP contribution is 2.29. The maximum atomic E-state index is 12.4. The van der Waals surface area contributed by atoms with Gasteiger partial charge in [-0.1, -0.05) is 34.1 Å². The summed E-state index contributed by atoms with van der Waals surface area (Å²) < 4.78 is 7.05. The molecular formula is C26H34BrN3O2. The van der Waals surface area contributed by atoms with Crippen LogP contribution in [0.5, 0.6) is 5.75 Å². The number of anilines is 1. The molecule has 6 heteroatoms. The van der Waals surface area contributed by atoms with E-state index in [1.807, 2.05) is 41.3 Å². The molecule has 0 aromatic heterocycles. The Balaban J connectivity index is 1.22. The monoisotopic (exact) mass is 499 g/mol. The molecule has 2 aromatic carbocycles. The van der Waals surface area contributed by atoms with Gasteiger partial charge in [0.15, 0.2) is 0 Å². The third kappa shape index (κ3) is 6.04. The summed E-state index contributed by atoms with van der Waals surface area (Å²) in [5.41, 5.74) is 2.32. The maximum Gasteiger partial charge on any atom is 0.322 e. The Kier molecular flexibility index (Phi) is 7.74. The normalized spacial score (nSPS) is 20.1. The molecule has 5 nitrogen and oxygen atoms in total. The van der Waals surface area contributed by atoms with Crippen molar-refractivity contribution in [2.75, 3.05) is 31.1 Å². The smallest absolute Gasteiger partial charge is 0.322 e. The van der Waals surface area contributed by atoms with Gasteiger partial charge in [-0.15, -0.1) is 0 Å². The van der Waals surface area contributed by atoms with Crippen LogP contribution in [0, 0.1) is 5.92 Å². The molecule has 0 aliphatic carbocycles. The average molecular weight is 500 g/mol. The van der Waals surface area contributed by atoms with Gasteiger partial charge in [0, 0.05) is 29.3 Å². The SMILES string of the molecule is CC(C)Oc1ccc(Br)c(CC2CCN(CCC3CN(c4ccccc4)C(=O)N3)CC2)c1. The zero-order valence-corrected chi connectivity index (χ0v) is 20.7. The molecule has 2 aromatic rings. The lowest BCUT2D eigenvalue weighted by molar-refractivity contribution is 0.178. The van der Waals surface area contributed by atoms with Gasteiger partial charge in [0.25, 0.3) is 0 Å². The molecule has 0 spiro atoms. The first-order valence-corrected chi connectivity index (χ1v) is 12.6. The summed E-state index contributed by atoms with van der Waals surface area (Å²) in [6.45, 7) is 8.19. The van der Waals surface area contributed by atoms with Crippen molar-refractivity contribution < 1.29 is 9.53 Å². The third-order valence-corrected chi connectivity index (χ3v) is 7.22. The van der Waals surface area contributed by atoms with Gasteiger partial charge in [0.05, 0.1) is 6.10 Å². The summed E-state index contributed by atoms with van der Waals surface area (Å²) in [6.07, 6.45) is 4.72. The van der Waals surface area contributed by atoms with Crippen LogP contribution in [0.2, 0.25) is 0 Å². The first-order valence-electron chi connectivity index (χ1n) is 11.8. The molecule has 2 aliphatic rings. The molecule has 0 saturated carbocycles. The summed E-state index contributed by atoms with van der Waals surface area (Å²) in [6, 6.07) is 16.5. The Morgan fingerprint density at radius 1 is 1.12 bits per heavy atom. The first kappa shape index (κ1) is 23.1. The van der Waals surface area contributed by atoms with E-state index in [1.165, 1.54) is 22.9 Å². The van der Waals surface area contributed by atoms with Gasteiger partial charge in [-0.2, -0.15) is 0 Å². The highest BCUT2D eigenvalue weighted by Gasteiger charge is 2.30. The second-order valence-corrected chi connectivity index (χ2v) is 10.1. The van der Waals surface area contributed by atoms with E-state index in [-0.39, 0.29) is 18.2 Å². The van der Waals surface area contributed by atoms with Crippen LogP contribution in [-0.2, 0) is 6.42 Å². The highest BCUT2D eigenvalue weighted by atomic mass is 79.9. The number of rotatable bonds is 8. The molecule has 1 atom stereocenters. The summed E-state index contributed by atoms with van der Waals surface area (Å²) in [4.78, 5) is 16.8. The number of carbonyl (C=O) groups excluding carboxylic acids is 1. The predicted octanol–water partition coefficient (Wildman–Crippen LogP) is 5.48. The minimum absolute atomic E-state index is 0.0224. The summed E-state index contributed by atoms with van der Waals surface area (Å²) in [5.74, 6) is 1.66. The second-order valence-electron chi connectivity index (χ2n) is 9.29. The standard InChI is InChI=1S/C26H34BrN3O2/c1-19(2)32-24-8-9-25(27)21(17-24)16-20-10-13-29(14-11-20)15-12-22-18-30(26(31)28-22)23-6-4-3-5-7-23/h3-9,17,19-20,22H,10-16,18H2,1-2H3,(H,28,31). The van der Waals surface area contributed by atoms with Crippen LogP contribution in [0.3, 0.4) is 0 Å². The van der Waals surface area contributed by atoms with Gasteiger partial charge in [0.1, 0.15) is 5.75 Å². The van der Waals surface area contributed by atoms with Crippen molar-refractivity contribution in [2.45, 2.75) is 51.7 Å². The van der Waals surface area contributed by atoms with Crippen molar-refractivity contribution in [1.82, 2.24) is 10.2 Å². The van der Waals surface area contributed by atoms with Crippen molar-refractivity contribution in [3.05, 3.63) is 58.6 Å². The minimum atomic E-state index is 0.0224. The molecule has 2 heterocycles.